The highest BCUT2D eigenvalue weighted by Crippen LogP contribution is 2.22. The maximum atomic E-state index is 6.19. The van der Waals surface area contributed by atoms with Gasteiger partial charge in [0.05, 0.1) is 0 Å². The molecule has 1 heteroatoms. The van der Waals surface area contributed by atoms with Crippen LogP contribution in [0.3, 0.4) is 0 Å². The van der Waals surface area contributed by atoms with Crippen molar-refractivity contribution in [3.8, 4) is 0 Å². The molecule has 1 atom stereocenters. The minimum atomic E-state index is 0.206. The molecule has 1 aromatic carbocycles. The van der Waals surface area contributed by atoms with E-state index in [4.69, 9.17) is 5.73 Å². The fraction of sp³-hybridized carbons (Fsp3) is 0.600. The molecular formula is C15H25N. The molecule has 1 rings (SSSR count). The van der Waals surface area contributed by atoms with Gasteiger partial charge in [-0.25, -0.2) is 0 Å². The standard InChI is InChI=1S/C15H25N/c1-11-6-7-12(2)13(10-11)8-9-14(16)15(3,4)5/h6-7,10,14H,8-9,16H2,1-5H3. The predicted octanol–water partition coefficient (Wildman–Crippen LogP) is 3.61. The van der Waals surface area contributed by atoms with E-state index in [0.717, 1.165) is 12.8 Å². The van der Waals surface area contributed by atoms with Crippen molar-refractivity contribution in [1.82, 2.24) is 0 Å². The summed E-state index contributed by atoms with van der Waals surface area (Å²) in [5.41, 5.74) is 10.6. The second-order valence-corrected chi connectivity index (χ2v) is 5.94. The number of nitrogens with two attached hydrogens (primary N) is 1. The zero-order valence-corrected chi connectivity index (χ0v) is 11.3. The van der Waals surface area contributed by atoms with Gasteiger partial charge < -0.3 is 5.73 Å². The van der Waals surface area contributed by atoms with Gasteiger partial charge in [0.25, 0.3) is 0 Å². The van der Waals surface area contributed by atoms with E-state index in [1.165, 1.54) is 16.7 Å². The first-order valence-corrected chi connectivity index (χ1v) is 6.12. The highest BCUT2D eigenvalue weighted by atomic mass is 14.7. The molecule has 0 radical (unpaired) electrons. The number of hydrogen-bond donors (Lipinski definition) is 1. The molecule has 0 spiro atoms. The Morgan fingerprint density at radius 3 is 2.38 bits per heavy atom. The smallest absolute Gasteiger partial charge is 0.00908 e. The molecule has 2 N–H and O–H groups in total. The van der Waals surface area contributed by atoms with Gasteiger partial charge in [-0.05, 0) is 43.2 Å². The lowest BCUT2D eigenvalue weighted by Gasteiger charge is -2.27. The van der Waals surface area contributed by atoms with Crippen molar-refractivity contribution in [2.24, 2.45) is 11.1 Å². The summed E-state index contributed by atoms with van der Waals surface area (Å²) in [5.74, 6) is 0. The summed E-state index contributed by atoms with van der Waals surface area (Å²) < 4.78 is 0. The molecule has 0 fully saturated rings. The Bertz CT molecular complexity index is 347. The summed E-state index contributed by atoms with van der Waals surface area (Å²) in [4.78, 5) is 0. The maximum absolute atomic E-state index is 6.19. The molecule has 0 saturated carbocycles. The molecule has 0 aliphatic rings. The lowest BCUT2D eigenvalue weighted by atomic mass is 9.83. The summed E-state index contributed by atoms with van der Waals surface area (Å²) >= 11 is 0. The Morgan fingerprint density at radius 2 is 1.81 bits per heavy atom. The van der Waals surface area contributed by atoms with Crippen LogP contribution < -0.4 is 5.73 Å². The first-order chi connectivity index (χ1) is 7.30. The molecule has 0 amide bonds. The molecular weight excluding hydrogens is 194 g/mol. The average Bonchev–Trinajstić information content (AvgIpc) is 2.17. The topological polar surface area (TPSA) is 26.0 Å². The Morgan fingerprint density at radius 1 is 1.19 bits per heavy atom. The molecule has 0 aliphatic carbocycles. The summed E-state index contributed by atoms with van der Waals surface area (Å²) in [6.45, 7) is 11.0. The number of rotatable bonds is 3. The van der Waals surface area contributed by atoms with Crippen LogP contribution in [0.2, 0.25) is 0 Å². The Labute approximate surface area is 100 Å². The lowest BCUT2D eigenvalue weighted by molar-refractivity contribution is 0.306. The van der Waals surface area contributed by atoms with Crippen molar-refractivity contribution in [1.29, 1.82) is 0 Å². The second kappa shape index (κ2) is 5.01. The summed E-state index contributed by atoms with van der Waals surface area (Å²) in [6, 6.07) is 6.92. The molecule has 0 heterocycles. The molecule has 1 nitrogen and oxygen atoms in total. The summed E-state index contributed by atoms with van der Waals surface area (Å²) in [6.07, 6.45) is 2.15. The number of aryl methyl sites for hydroxylation is 3. The fourth-order valence-electron chi connectivity index (χ4n) is 1.81. The number of hydrogen-bond acceptors (Lipinski definition) is 1. The van der Waals surface area contributed by atoms with Gasteiger partial charge in [0.1, 0.15) is 0 Å². The SMILES string of the molecule is Cc1ccc(C)c(CCC(N)C(C)(C)C)c1. The predicted molar refractivity (Wildman–Crippen MR) is 71.7 cm³/mol. The van der Waals surface area contributed by atoms with Crippen LogP contribution in [0.1, 0.15) is 43.9 Å². The lowest BCUT2D eigenvalue weighted by Crippen LogP contribution is -2.35. The summed E-state index contributed by atoms with van der Waals surface area (Å²) in [7, 11) is 0. The van der Waals surface area contributed by atoms with Gasteiger partial charge in [-0.1, -0.05) is 44.5 Å². The van der Waals surface area contributed by atoms with Crippen LogP contribution in [0.4, 0.5) is 0 Å². The zero-order valence-electron chi connectivity index (χ0n) is 11.3. The molecule has 16 heavy (non-hydrogen) atoms. The number of benzene rings is 1. The molecule has 0 saturated heterocycles. The van der Waals surface area contributed by atoms with Gasteiger partial charge in [0.15, 0.2) is 0 Å². The first kappa shape index (κ1) is 13.2. The Hall–Kier alpha value is -0.820. The first-order valence-electron chi connectivity index (χ1n) is 6.12. The second-order valence-electron chi connectivity index (χ2n) is 5.94. The van der Waals surface area contributed by atoms with E-state index >= 15 is 0 Å². The fourth-order valence-corrected chi connectivity index (χ4v) is 1.81. The van der Waals surface area contributed by atoms with Crippen LogP contribution in [0.5, 0.6) is 0 Å². The highest BCUT2D eigenvalue weighted by Gasteiger charge is 2.20. The van der Waals surface area contributed by atoms with Crippen molar-refractivity contribution in [3.63, 3.8) is 0 Å². The van der Waals surface area contributed by atoms with Crippen molar-refractivity contribution in [2.75, 3.05) is 0 Å². The third-order valence-corrected chi connectivity index (χ3v) is 3.34. The Balaban J connectivity index is 2.64. The van der Waals surface area contributed by atoms with Crippen LogP contribution >= 0.6 is 0 Å². The van der Waals surface area contributed by atoms with Crippen molar-refractivity contribution < 1.29 is 0 Å². The minimum Gasteiger partial charge on any atom is -0.327 e. The van der Waals surface area contributed by atoms with Gasteiger partial charge in [0.2, 0.25) is 0 Å². The zero-order chi connectivity index (χ0) is 12.3. The molecule has 90 valence electrons. The van der Waals surface area contributed by atoms with E-state index in [9.17, 15) is 0 Å². The van der Waals surface area contributed by atoms with Crippen LogP contribution in [-0.4, -0.2) is 6.04 Å². The molecule has 1 unspecified atom stereocenters. The van der Waals surface area contributed by atoms with E-state index < -0.39 is 0 Å². The molecule has 0 aromatic heterocycles. The van der Waals surface area contributed by atoms with Crippen LogP contribution in [0.25, 0.3) is 0 Å². The highest BCUT2D eigenvalue weighted by molar-refractivity contribution is 5.30. The van der Waals surface area contributed by atoms with Crippen molar-refractivity contribution in [2.45, 2.75) is 53.5 Å². The van der Waals surface area contributed by atoms with Crippen LogP contribution in [0.15, 0.2) is 18.2 Å². The monoisotopic (exact) mass is 219 g/mol. The average molecular weight is 219 g/mol. The van der Waals surface area contributed by atoms with E-state index in [-0.39, 0.29) is 11.5 Å². The normalized spacial score (nSPS) is 13.9. The summed E-state index contributed by atoms with van der Waals surface area (Å²) in [5, 5.41) is 0. The van der Waals surface area contributed by atoms with Gasteiger partial charge >= 0.3 is 0 Å². The van der Waals surface area contributed by atoms with Crippen molar-refractivity contribution >= 4 is 0 Å². The third-order valence-electron chi connectivity index (χ3n) is 3.34. The van der Waals surface area contributed by atoms with E-state index in [1.807, 2.05) is 0 Å². The minimum absolute atomic E-state index is 0.206. The maximum Gasteiger partial charge on any atom is 0.00908 e. The molecule has 0 aliphatic heterocycles. The molecule has 1 aromatic rings. The van der Waals surface area contributed by atoms with Crippen LogP contribution in [-0.2, 0) is 6.42 Å². The quantitative estimate of drug-likeness (QED) is 0.825. The molecule has 0 bridgehead atoms. The van der Waals surface area contributed by atoms with E-state index in [0.29, 0.717) is 0 Å². The van der Waals surface area contributed by atoms with Gasteiger partial charge in [-0.15, -0.1) is 0 Å². The Kier molecular flexibility index (Phi) is 4.15. The van der Waals surface area contributed by atoms with E-state index in [1.54, 1.807) is 0 Å². The van der Waals surface area contributed by atoms with Gasteiger partial charge in [0, 0.05) is 6.04 Å². The van der Waals surface area contributed by atoms with Crippen LogP contribution in [0, 0.1) is 19.3 Å². The largest absolute Gasteiger partial charge is 0.327 e. The third kappa shape index (κ3) is 3.64. The van der Waals surface area contributed by atoms with Gasteiger partial charge in [-0.2, -0.15) is 0 Å². The van der Waals surface area contributed by atoms with E-state index in [2.05, 4.69) is 52.8 Å². The van der Waals surface area contributed by atoms with Crippen molar-refractivity contribution in [3.05, 3.63) is 34.9 Å². The van der Waals surface area contributed by atoms with Gasteiger partial charge in [-0.3, -0.25) is 0 Å².